The molecule has 0 aromatic carbocycles. The van der Waals surface area contributed by atoms with Crippen LogP contribution in [-0.2, 0) is 16.0 Å². The summed E-state index contributed by atoms with van der Waals surface area (Å²) >= 11 is 2.78. The minimum atomic E-state index is -0.894. The summed E-state index contributed by atoms with van der Waals surface area (Å²) in [4.78, 5) is 22.9. The van der Waals surface area contributed by atoms with E-state index in [1.165, 1.54) is 4.88 Å². The molecule has 0 saturated carbocycles. The minimum Gasteiger partial charge on any atom is -0.481 e. The smallest absolute Gasteiger partial charge is 0.313 e. The van der Waals surface area contributed by atoms with Crippen LogP contribution in [0.3, 0.4) is 0 Å². The molecule has 94 valence electrons. The number of amides is 1. The zero-order valence-corrected chi connectivity index (χ0v) is 11.1. The zero-order chi connectivity index (χ0) is 12.7. The van der Waals surface area contributed by atoms with Gasteiger partial charge in [0.05, 0.1) is 11.5 Å². The van der Waals surface area contributed by atoms with Crippen molar-refractivity contribution in [1.82, 2.24) is 5.32 Å². The Labute approximate surface area is 108 Å². The van der Waals surface area contributed by atoms with Gasteiger partial charge in [-0.25, -0.2) is 0 Å². The topological polar surface area (TPSA) is 66.4 Å². The monoisotopic (exact) mass is 273 g/mol. The van der Waals surface area contributed by atoms with E-state index in [4.69, 9.17) is 5.11 Å². The van der Waals surface area contributed by atoms with Gasteiger partial charge in [0.1, 0.15) is 0 Å². The molecule has 1 rings (SSSR count). The Morgan fingerprint density at radius 1 is 1.53 bits per heavy atom. The first-order valence-electron chi connectivity index (χ1n) is 5.19. The van der Waals surface area contributed by atoms with Gasteiger partial charge in [0, 0.05) is 17.3 Å². The van der Waals surface area contributed by atoms with E-state index in [-0.39, 0.29) is 23.5 Å². The minimum absolute atomic E-state index is 0.0350. The summed E-state index contributed by atoms with van der Waals surface area (Å²) in [7, 11) is 0. The molecular weight excluding hydrogens is 258 g/mol. The maximum absolute atomic E-state index is 11.4. The number of aliphatic carboxylic acids is 1. The van der Waals surface area contributed by atoms with Gasteiger partial charge in [-0.05, 0) is 18.4 Å². The third-order valence-corrected chi connectivity index (χ3v) is 3.77. The van der Waals surface area contributed by atoms with Crippen LogP contribution in [-0.4, -0.2) is 34.5 Å². The van der Waals surface area contributed by atoms with Crippen molar-refractivity contribution in [2.75, 3.05) is 11.5 Å². The molecule has 0 spiro atoms. The molecule has 1 unspecified atom stereocenters. The maximum Gasteiger partial charge on any atom is 0.313 e. The Hall–Kier alpha value is -1.01. The fourth-order valence-corrected chi connectivity index (χ4v) is 2.71. The average molecular weight is 273 g/mol. The van der Waals surface area contributed by atoms with Gasteiger partial charge in [-0.1, -0.05) is 6.07 Å². The molecule has 1 aromatic heterocycles. The van der Waals surface area contributed by atoms with Gasteiger partial charge in [0.25, 0.3) is 0 Å². The summed E-state index contributed by atoms with van der Waals surface area (Å²) in [6.45, 7) is 1.94. The largest absolute Gasteiger partial charge is 0.481 e. The van der Waals surface area contributed by atoms with Crippen molar-refractivity contribution in [3.05, 3.63) is 22.4 Å². The second kappa shape index (κ2) is 7.34. The van der Waals surface area contributed by atoms with E-state index >= 15 is 0 Å². The van der Waals surface area contributed by atoms with E-state index in [9.17, 15) is 9.59 Å². The Kier molecular flexibility index (Phi) is 6.07. The third-order valence-electron chi connectivity index (χ3n) is 1.95. The SMILES string of the molecule is CC(Cc1cccs1)NC(=O)CSCC(=O)O. The predicted molar refractivity (Wildman–Crippen MR) is 70.6 cm³/mol. The fraction of sp³-hybridized carbons (Fsp3) is 0.455. The number of thiophene rings is 1. The Balaban J connectivity index is 2.19. The van der Waals surface area contributed by atoms with Gasteiger partial charge in [0.15, 0.2) is 0 Å². The van der Waals surface area contributed by atoms with Gasteiger partial charge in [-0.15, -0.1) is 23.1 Å². The van der Waals surface area contributed by atoms with Crippen molar-refractivity contribution >= 4 is 35.0 Å². The highest BCUT2D eigenvalue weighted by molar-refractivity contribution is 8.00. The van der Waals surface area contributed by atoms with Crippen LogP contribution < -0.4 is 5.32 Å². The number of carboxylic acids is 1. The third kappa shape index (κ3) is 6.33. The van der Waals surface area contributed by atoms with E-state index in [1.807, 2.05) is 24.4 Å². The maximum atomic E-state index is 11.4. The van der Waals surface area contributed by atoms with Gasteiger partial charge in [0.2, 0.25) is 5.91 Å². The first-order chi connectivity index (χ1) is 8.08. The lowest BCUT2D eigenvalue weighted by Crippen LogP contribution is -2.35. The molecule has 0 bridgehead atoms. The molecule has 1 amide bonds. The highest BCUT2D eigenvalue weighted by Crippen LogP contribution is 2.11. The lowest BCUT2D eigenvalue weighted by atomic mass is 10.2. The van der Waals surface area contributed by atoms with E-state index in [2.05, 4.69) is 5.32 Å². The summed E-state index contributed by atoms with van der Waals surface area (Å²) in [5.74, 6) is -0.844. The summed E-state index contributed by atoms with van der Waals surface area (Å²) in [6.07, 6.45) is 0.813. The molecular formula is C11H15NO3S2. The highest BCUT2D eigenvalue weighted by atomic mass is 32.2. The molecule has 4 nitrogen and oxygen atoms in total. The van der Waals surface area contributed by atoms with Crippen LogP contribution in [0.4, 0.5) is 0 Å². The molecule has 0 fully saturated rings. The molecule has 0 aliphatic heterocycles. The van der Waals surface area contributed by atoms with Crippen LogP contribution in [0.5, 0.6) is 0 Å². The molecule has 0 aliphatic carbocycles. The molecule has 1 aromatic rings. The molecule has 0 aliphatic rings. The lowest BCUT2D eigenvalue weighted by molar-refractivity contribution is -0.133. The van der Waals surface area contributed by atoms with Gasteiger partial charge in [-0.2, -0.15) is 0 Å². The summed E-state index contributed by atoms with van der Waals surface area (Å²) in [5.41, 5.74) is 0. The number of hydrogen-bond donors (Lipinski definition) is 2. The molecule has 1 atom stereocenters. The Bertz CT molecular complexity index is 365. The quantitative estimate of drug-likeness (QED) is 0.792. The van der Waals surface area contributed by atoms with Crippen LogP contribution in [0.2, 0.25) is 0 Å². The number of carboxylic acid groups (broad SMARTS) is 1. The van der Waals surface area contributed by atoms with E-state index < -0.39 is 5.97 Å². The number of rotatable bonds is 7. The number of nitrogens with one attached hydrogen (secondary N) is 1. The second-order valence-corrected chi connectivity index (χ2v) is 5.66. The van der Waals surface area contributed by atoms with Crippen LogP contribution in [0.1, 0.15) is 11.8 Å². The second-order valence-electron chi connectivity index (χ2n) is 3.64. The number of hydrogen-bond acceptors (Lipinski definition) is 4. The van der Waals surface area contributed by atoms with Gasteiger partial charge < -0.3 is 10.4 Å². The van der Waals surface area contributed by atoms with Crippen molar-refractivity contribution in [2.45, 2.75) is 19.4 Å². The lowest BCUT2D eigenvalue weighted by Gasteiger charge is -2.12. The van der Waals surface area contributed by atoms with Crippen molar-refractivity contribution < 1.29 is 14.7 Å². The van der Waals surface area contributed by atoms with Gasteiger partial charge >= 0.3 is 5.97 Å². The first-order valence-corrected chi connectivity index (χ1v) is 7.22. The first kappa shape index (κ1) is 14.1. The van der Waals surface area contributed by atoms with Crippen molar-refractivity contribution in [2.24, 2.45) is 0 Å². The van der Waals surface area contributed by atoms with E-state index in [0.717, 1.165) is 18.2 Å². The summed E-state index contributed by atoms with van der Waals surface area (Å²) < 4.78 is 0. The molecule has 2 N–H and O–H groups in total. The molecule has 6 heteroatoms. The van der Waals surface area contributed by atoms with Crippen LogP contribution in [0, 0.1) is 0 Å². The van der Waals surface area contributed by atoms with E-state index in [0.29, 0.717) is 0 Å². The molecule has 17 heavy (non-hydrogen) atoms. The summed E-state index contributed by atoms with van der Waals surface area (Å²) in [6, 6.07) is 4.09. The summed E-state index contributed by atoms with van der Waals surface area (Å²) in [5, 5.41) is 13.3. The Morgan fingerprint density at radius 2 is 2.29 bits per heavy atom. The van der Waals surface area contributed by atoms with Crippen molar-refractivity contribution in [3.8, 4) is 0 Å². The van der Waals surface area contributed by atoms with Crippen LogP contribution >= 0.6 is 23.1 Å². The number of thioether (sulfide) groups is 1. The standard InChI is InChI=1S/C11H15NO3S2/c1-8(5-9-3-2-4-17-9)12-10(13)6-16-7-11(14)15/h2-4,8H,5-7H2,1H3,(H,12,13)(H,14,15). The normalized spacial score (nSPS) is 12.1. The average Bonchev–Trinajstić information content (AvgIpc) is 2.69. The highest BCUT2D eigenvalue weighted by Gasteiger charge is 2.09. The van der Waals surface area contributed by atoms with Crippen molar-refractivity contribution in [1.29, 1.82) is 0 Å². The van der Waals surface area contributed by atoms with Crippen LogP contribution in [0.25, 0.3) is 0 Å². The van der Waals surface area contributed by atoms with Crippen molar-refractivity contribution in [3.63, 3.8) is 0 Å². The fourth-order valence-electron chi connectivity index (χ4n) is 1.33. The van der Waals surface area contributed by atoms with E-state index in [1.54, 1.807) is 11.3 Å². The van der Waals surface area contributed by atoms with Gasteiger partial charge in [-0.3, -0.25) is 9.59 Å². The number of carbonyl (C=O) groups is 2. The zero-order valence-electron chi connectivity index (χ0n) is 9.51. The molecule has 0 saturated heterocycles. The molecule has 0 radical (unpaired) electrons. The van der Waals surface area contributed by atoms with Crippen LogP contribution in [0.15, 0.2) is 17.5 Å². The molecule has 1 heterocycles. The Morgan fingerprint density at radius 3 is 2.88 bits per heavy atom. The number of carbonyl (C=O) groups excluding carboxylic acids is 1. The predicted octanol–water partition coefficient (Wildman–Crippen LogP) is 1.61.